The molecule has 5 N–H and O–H groups in total. The van der Waals surface area contributed by atoms with Gasteiger partial charge in [0, 0.05) is 111 Å². The largest absolute Gasteiger partial charge is 0.494 e. The number of ether oxygens (including phenoxy) is 4. The lowest BCUT2D eigenvalue weighted by Crippen LogP contribution is -2.36. The normalized spacial score (nSPS) is 12.8. The highest BCUT2D eigenvalue weighted by molar-refractivity contribution is 7.85. The van der Waals surface area contributed by atoms with E-state index < -0.39 is 10.1 Å². The molecule has 2 aliphatic rings. The molecule has 2 saturated heterocycles. The van der Waals surface area contributed by atoms with Crippen LogP contribution in [0.1, 0.15) is 26.0 Å². The van der Waals surface area contributed by atoms with Gasteiger partial charge in [-0.25, -0.2) is 19.3 Å². The van der Waals surface area contributed by atoms with Crippen molar-refractivity contribution >= 4 is 68.0 Å². The Morgan fingerprint density at radius 2 is 0.966 bits per heavy atom. The van der Waals surface area contributed by atoms with Crippen molar-refractivity contribution in [3.8, 4) is 45.6 Å². The van der Waals surface area contributed by atoms with Crippen LogP contribution < -0.4 is 40.5 Å². The fraction of sp³-hybridized carbons (Fsp3) is 0.302. The summed E-state index contributed by atoms with van der Waals surface area (Å²) < 4.78 is 51.9. The van der Waals surface area contributed by atoms with Crippen LogP contribution in [-0.2, 0) is 42.3 Å². The number of benzene rings is 4. The Morgan fingerprint density at radius 1 is 0.607 bits per heavy atom. The molecular formula is C63H80N16O9S. The molecule has 0 aliphatic carbocycles. The van der Waals surface area contributed by atoms with Crippen LogP contribution in [0.4, 0.5) is 46.0 Å². The van der Waals surface area contributed by atoms with E-state index in [4.69, 9.17) is 43.7 Å². The minimum Gasteiger partial charge on any atom is -0.494 e. The summed E-state index contributed by atoms with van der Waals surface area (Å²) in [5, 5.41) is 22.1. The molecule has 2 amide bonds. The molecule has 25 nitrogen and oxygen atoms in total. The van der Waals surface area contributed by atoms with Gasteiger partial charge in [0.25, 0.3) is 10.1 Å². The SMILES string of the molecule is C.C.C=CC(=O)Nc1cc(Nc2nccc(-n3cc(CN(C)C)c(-c4ccccc4)n3)n2)c(OC)cc1N1CCOCC1.C=CC(=O)Nc1cc(Nc2nccc(-n3cc(CN(C)C)c(-c4ccccc4)n3)n2)c(OC)cc1N1CCOCC1.CS(=O)(=O)O. The molecule has 8 aromatic rings. The van der Waals surface area contributed by atoms with Crippen LogP contribution in [0, 0.1) is 0 Å². The first kappa shape index (κ1) is 68.5. The Hall–Kier alpha value is -9.57. The van der Waals surface area contributed by atoms with E-state index in [0.717, 1.165) is 58.1 Å². The smallest absolute Gasteiger partial charge is 0.261 e. The maximum atomic E-state index is 12.3. The van der Waals surface area contributed by atoms with E-state index >= 15 is 0 Å². The first-order chi connectivity index (χ1) is 41.9. The molecule has 26 heteroatoms. The predicted octanol–water partition coefficient (Wildman–Crippen LogP) is 8.98. The number of hydrogen-bond acceptors (Lipinski definition) is 20. The summed E-state index contributed by atoms with van der Waals surface area (Å²) in [6, 6.07) is 31.2. The minimum atomic E-state index is -3.67. The van der Waals surface area contributed by atoms with Crippen molar-refractivity contribution in [3.05, 3.63) is 158 Å². The van der Waals surface area contributed by atoms with E-state index in [2.05, 4.69) is 64.0 Å². The van der Waals surface area contributed by atoms with Crippen molar-refractivity contribution in [2.75, 3.05) is 132 Å². The van der Waals surface area contributed by atoms with E-state index in [-0.39, 0.29) is 26.7 Å². The fourth-order valence-electron chi connectivity index (χ4n) is 9.33. The minimum absolute atomic E-state index is 0. The molecule has 2 aliphatic heterocycles. The topological polar surface area (TPSA) is 274 Å². The van der Waals surface area contributed by atoms with Crippen molar-refractivity contribution in [2.24, 2.45) is 0 Å². The summed E-state index contributed by atoms with van der Waals surface area (Å²) in [6.07, 6.45) is 10.5. The van der Waals surface area contributed by atoms with Crippen LogP contribution in [0.25, 0.3) is 34.2 Å². The lowest BCUT2D eigenvalue weighted by molar-refractivity contribution is -0.112. The summed E-state index contributed by atoms with van der Waals surface area (Å²) in [6.45, 7) is 13.8. The number of hydrogen-bond donors (Lipinski definition) is 5. The molecule has 0 spiro atoms. The van der Waals surface area contributed by atoms with Gasteiger partial charge in [0.1, 0.15) is 11.5 Å². The first-order valence-corrected chi connectivity index (χ1v) is 29.4. The van der Waals surface area contributed by atoms with Gasteiger partial charge >= 0.3 is 0 Å². The third-order valence-corrected chi connectivity index (χ3v) is 13.1. The standard InChI is InChI=1S/2C30H34N8O3.CH4O3S.2CH4/c2*1-5-28(39)32-23-17-24(26(40-4)18-25(23)37-13-15-41-16-14-37)33-30-31-12-11-27(34-30)38-20-22(19-36(2)3)29(35-38)21-9-7-6-8-10-21;1-5(2,3)4;;/h2*5-12,17-18,20H,1,13-16,19H2,2-4H3,(H,32,39)(H,31,33,34);1H3,(H,2,3,4);2*1H4. The average Bonchev–Trinajstić information content (AvgIpc) is 2.37. The highest BCUT2D eigenvalue weighted by Gasteiger charge is 2.23. The van der Waals surface area contributed by atoms with Crippen LogP contribution in [-0.4, -0.2) is 175 Å². The van der Waals surface area contributed by atoms with E-state index in [1.165, 1.54) is 12.2 Å². The van der Waals surface area contributed by atoms with Gasteiger partial charge in [-0.1, -0.05) is 88.7 Å². The van der Waals surface area contributed by atoms with Gasteiger partial charge in [-0.3, -0.25) is 14.1 Å². The maximum absolute atomic E-state index is 12.3. The highest BCUT2D eigenvalue weighted by Crippen LogP contribution is 2.40. The van der Waals surface area contributed by atoms with Crippen LogP contribution >= 0.6 is 0 Å². The number of methoxy groups -OCH3 is 2. The third kappa shape index (κ3) is 19.2. The van der Waals surface area contributed by atoms with Gasteiger partial charge < -0.3 is 59.8 Å². The summed E-state index contributed by atoms with van der Waals surface area (Å²) in [5.74, 6) is 2.46. The monoisotopic (exact) mass is 1240 g/mol. The molecule has 0 saturated carbocycles. The summed E-state index contributed by atoms with van der Waals surface area (Å²) in [4.78, 5) is 51.4. The number of amides is 2. The molecule has 0 radical (unpaired) electrons. The number of morpholine rings is 2. The van der Waals surface area contributed by atoms with Gasteiger partial charge in [0.2, 0.25) is 23.7 Å². The van der Waals surface area contributed by atoms with Gasteiger partial charge in [0.05, 0.1) is 92.4 Å². The first-order valence-electron chi connectivity index (χ1n) is 27.6. The number of aromatic nitrogens is 8. The van der Waals surface area contributed by atoms with E-state index in [9.17, 15) is 18.0 Å². The van der Waals surface area contributed by atoms with Crippen molar-refractivity contribution < 1.29 is 41.5 Å². The summed E-state index contributed by atoms with van der Waals surface area (Å²) in [5.41, 5.74) is 10.1. The zero-order valence-electron chi connectivity index (χ0n) is 49.7. The van der Waals surface area contributed by atoms with Gasteiger partial charge in [0.15, 0.2) is 11.6 Å². The Kier molecular flexibility index (Phi) is 25.0. The Balaban J connectivity index is 0.000000258. The van der Waals surface area contributed by atoms with Crippen molar-refractivity contribution in [3.63, 3.8) is 0 Å². The highest BCUT2D eigenvalue weighted by atomic mass is 32.2. The lowest BCUT2D eigenvalue weighted by atomic mass is 10.1. The molecule has 6 heterocycles. The van der Waals surface area contributed by atoms with E-state index in [0.29, 0.717) is 117 Å². The van der Waals surface area contributed by atoms with Crippen LogP contribution in [0.15, 0.2) is 147 Å². The van der Waals surface area contributed by atoms with E-state index in [1.807, 2.05) is 126 Å². The Morgan fingerprint density at radius 3 is 1.29 bits per heavy atom. The molecule has 89 heavy (non-hydrogen) atoms. The van der Waals surface area contributed by atoms with Crippen LogP contribution in [0.3, 0.4) is 0 Å². The number of nitrogens with one attached hydrogen (secondary N) is 4. The average molecular weight is 1240 g/mol. The molecule has 10 rings (SSSR count). The van der Waals surface area contributed by atoms with Crippen LogP contribution in [0.2, 0.25) is 0 Å². The van der Waals surface area contributed by atoms with Crippen LogP contribution in [0.5, 0.6) is 11.5 Å². The zero-order chi connectivity index (χ0) is 62.0. The Bertz CT molecular complexity index is 3520. The molecular weight excluding hydrogens is 1160 g/mol. The fourth-order valence-corrected chi connectivity index (χ4v) is 9.33. The van der Waals surface area contributed by atoms with E-state index in [1.54, 1.807) is 48.1 Å². The second kappa shape index (κ2) is 32.4. The molecule has 0 unspecified atom stereocenters. The predicted molar refractivity (Wildman–Crippen MR) is 351 cm³/mol. The number of rotatable bonds is 20. The zero-order valence-corrected chi connectivity index (χ0v) is 50.5. The summed E-state index contributed by atoms with van der Waals surface area (Å²) in [7, 11) is 7.66. The van der Waals surface area contributed by atoms with Crippen molar-refractivity contribution in [1.82, 2.24) is 49.3 Å². The van der Waals surface area contributed by atoms with Gasteiger partial charge in [-0.2, -0.15) is 28.6 Å². The number of anilines is 8. The van der Waals surface area contributed by atoms with Crippen molar-refractivity contribution in [1.29, 1.82) is 0 Å². The second-order valence-corrected chi connectivity index (χ2v) is 21.8. The second-order valence-electron chi connectivity index (χ2n) is 20.3. The molecule has 2 fully saturated rings. The molecule has 0 atom stereocenters. The maximum Gasteiger partial charge on any atom is 0.261 e. The Labute approximate surface area is 520 Å². The molecule has 472 valence electrons. The van der Waals surface area contributed by atoms with Gasteiger partial charge in [-0.05, 0) is 52.5 Å². The molecule has 4 aromatic carbocycles. The number of nitrogens with zero attached hydrogens (tertiary/aromatic N) is 12. The lowest BCUT2D eigenvalue weighted by Gasteiger charge is -2.31. The number of carbonyl (C=O) groups is 2. The number of carbonyl (C=O) groups excluding carboxylic acids is 2. The van der Waals surface area contributed by atoms with Gasteiger partial charge in [-0.15, -0.1) is 0 Å². The quantitative estimate of drug-likeness (QED) is 0.0352. The molecule has 0 bridgehead atoms. The molecule has 4 aromatic heterocycles. The van der Waals surface area contributed by atoms with Crippen molar-refractivity contribution in [2.45, 2.75) is 27.9 Å². The summed E-state index contributed by atoms with van der Waals surface area (Å²) >= 11 is 0. The third-order valence-electron chi connectivity index (χ3n) is 13.1.